The maximum absolute atomic E-state index is 14.0. The fourth-order valence-corrected chi connectivity index (χ4v) is 12.0. The molecule has 5 N–H and O–H groups in total. The lowest BCUT2D eigenvalue weighted by Crippen LogP contribution is -2.49. The molecule has 1 aromatic heterocycles. The van der Waals surface area contributed by atoms with Crippen molar-refractivity contribution in [1.29, 1.82) is 0 Å². The van der Waals surface area contributed by atoms with Crippen molar-refractivity contribution in [3.63, 3.8) is 0 Å². The number of hydrogen-bond donors (Lipinski definition) is 4. The molecule has 0 radical (unpaired) electrons. The summed E-state index contributed by atoms with van der Waals surface area (Å²) in [4.78, 5) is 70.0. The Morgan fingerprint density at radius 3 is 2.35 bits per heavy atom. The number of H-pyrrole nitrogens is 1. The quantitative estimate of drug-likeness (QED) is 0.209. The van der Waals surface area contributed by atoms with Gasteiger partial charge in [-0.25, -0.2) is 18.4 Å². The van der Waals surface area contributed by atoms with Crippen LogP contribution in [0.15, 0.2) is 57.2 Å². The fourth-order valence-electron chi connectivity index (χ4n) is 8.55. The van der Waals surface area contributed by atoms with Crippen molar-refractivity contribution in [1.82, 2.24) is 9.88 Å². The van der Waals surface area contributed by atoms with Gasteiger partial charge in [0.1, 0.15) is 6.04 Å². The van der Waals surface area contributed by atoms with Gasteiger partial charge in [-0.2, -0.15) is 0 Å². The van der Waals surface area contributed by atoms with Crippen LogP contribution in [0.4, 0.5) is 5.69 Å². The van der Waals surface area contributed by atoms with Gasteiger partial charge in [0.25, 0.3) is 5.91 Å². The van der Waals surface area contributed by atoms with Crippen LogP contribution >= 0.6 is 23.1 Å². The zero-order chi connectivity index (χ0) is 36.5. The number of benzene rings is 2. The van der Waals surface area contributed by atoms with E-state index in [0.717, 1.165) is 31.7 Å². The molecule has 0 spiro atoms. The Balaban J connectivity index is 1.16. The van der Waals surface area contributed by atoms with E-state index in [-0.39, 0.29) is 45.3 Å². The number of ether oxygens (including phenoxy) is 2. The first kappa shape index (κ1) is 35.2. The lowest BCUT2D eigenvalue weighted by Gasteiger charge is -2.43. The van der Waals surface area contributed by atoms with Gasteiger partial charge in [-0.15, -0.1) is 11.8 Å². The summed E-state index contributed by atoms with van der Waals surface area (Å²) < 4.78 is 34.9. The molecule has 2 saturated carbocycles. The minimum absolute atomic E-state index is 0.0892. The van der Waals surface area contributed by atoms with Gasteiger partial charge in [0, 0.05) is 21.7 Å². The topological polar surface area (TPSA) is 215 Å². The third-order valence-electron chi connectivity index (χ3n) is 10.4. The molecule has 2 aromatic carbocycles. The first-order valence-electron chi connectivity index (χ1n) is 16.5. The highest BCUT2D eigenvalue weighted by Crippen LogP contribution is 2.68. The molecule has 3 amide bonds. The Labute approximate surface area is 301 Å². The van der Waals surface area contributed by atoms with E-state index >= 15 is 0 Å². The number of fused-ring (bicyclic) bond motifs is 9. The van der Waals surface area contributed by atoms with Crippen molar-refractivity contribution in [3.05, 3.63) is 62.6 Å². The molecule has 51 heavy (non-hydrogen) atoms. The normalized spacial score (nSPS) is 26.8. The van der Waals surface area contributed by atoms with E-state index in [0.29, 0.717) is 30.2 Å². The predicted octanol–water partition coefficient (Wildman–Crippen LogP) is 3.08. The van der Waals surface area contributed by atoms with Gasteiger partial charge in [0.05, 0.1) is 28.4 Å². The Morgan fingerprint density at radius 1 is 1.04 bits per heavy atom. The number of hydrogen-bond acceptors (Lipinski definition) is 11. The first-order chi connectivity index (χ1) is 24.2. The molecule has 2 aliphatic carbocycles. The number of nitrogens with one attached hydrogen (secondary N) is 2. The number of anilines is 1. The number of sulfonamides is 1. The molecule has 7 unspecified atom stereocenters. The van der Waals surface area contributed by atoms with E-state index in [4.69, 9.17) is 14.6 Å². The second kappa shape index (κ2) is 13.1. The Kier molecular flexibility index (Phi) is 9.04. The number of nitrogens with zero attached hydrogens (tertiary/aromatic N) is 1. The molecular weight excluding hydrogens is 721 g/mol. The highest BCUT2D eigenvalue weighted by molar-refractivity contribution is 8.00. The van der Waals surface area contributed by atoms with Crippen LogP contribution in [-0.4, -0.2) is 71.6 Å². The second-order valence-electron chi connectivity index (χ2n) is 13.6. The molecule has 2 bridgehead atoms. The minimum atomic E-state index is -3.88. The van der Waals surface area contributed by atoms with Crippen LogP contribution in [0, 0.1) is 35.5 Å². The highest BCUT2D eigenvalue weighted by atomic mass is 32.2. The highest BCUT2D eigenvalue weighted by Gasteiger charge is 2.70. The van der Waals surface area contributed by atoms with Crippen molar-refractivity contribution in [2.75, 3.05) is 18.5 Å². The minimum Gasteiger partial charge on any atom is -0.490 e. The monoisotopic (exact) mass is 756 g/mol. The van der Waals surface area contributed by atoms with E-state index in [9.17, 15) is 37.5 Å². The number of aliphatic carboxylic acids is 1. The summed E-state index contributed by atoms with van der Waals surface area (Å²) in [6.45, 7) is 5.10. The molecular formula is C34H36N4O10S3. The summed E-state index contributed by atoms with van der Waals surface area (Å²) in [5, 5.41) is 18.4. The number of carbonyl (C=O) groups is 4. The van der Waals surface area contributed by atoms with Crippen LogP contribution in [0.1, 0.15) is 43.6 Å². The molecule has 3 fully saturated rings. The Morgan fingerprint density at radius 2 is 1.73 bits per heavy atom. The molecule has 8 atom stereocenters. The molecule has 2 aliphatic heterocycles. The van der Waals surface area contributed by atoms with Gasteiger partial charge in [0.15, 0.2) is 18.1 Å². The van der Waals surface area contributed by atoms with Crippen LogP contribution in [0.25, 0.3) is 0 Å². The zero-order valence-corrected chi connectivity index (χ0v) is 30.2. The molecule has 4 aliphatic rings. The van der Waals surface area contributed by atoms with Crippen LogP contribution < -0.4 is 24.8 Å². The third-order valence-corrected chi connectivity index (χ3v) is 13.9. The maximum atomic E-state index is 14.0. The number of aromatic amines is 1. The number of carboxylic acids is 1. The smallest absolute Gasteiger partial charge is 0.327 e. The standard InChI is InChI=1S/C34H36N4O10S3/c1-4-47-21-11-15(5-10-20(21)48-13-22(39)36-16-6-8-17(9-7-16)51(35,45)46)23-24-18-12-19(28(24)49-30-29(23)50-34(44)37-30)26-25(18)31(40)38(32(26)41)27(14(2)3)33(42)43/h5-11,14,18-19,23-28H,4,12-13H2,1-3H3,(H,36,39)(H,37,44)(H,42,43)(H2,35,45,46)/t18?,19?,23-,24?,25?,26?,27?,28?/m1/s1. The Hall–Kier alpha value is -4.19. The summed E-state index contributed by atoms with van der Waals surface area (Å²) in [6, 6.07) is 9.52. The summed E-state index contributed by atoms with van der Waals surface area (Å²) in [5.41, 5.74) is 1.17. The number of carboxylic acid groups (broad SMARTS) is 1. The SMILES string of the molecule is CCOc1cc([C@H]2c3sc(=O)[nH]c3SC3C4CC(C5C(=O)N(C(C(=O)O)C(C)C)C(=O)C45)C32)ccc1OCC(=O)Nc1ccc(S(N)(=O)=O)cc1. The van der Waals surface area contributed by atoms with Crippen LogP contribution in [-0.2, 0) is 29.2 Å². The van der Waals surface area contributed by atoms with Gasteiger partial charge in [-0.1, -0.05) is 31.3 Å². The number of rotatable bonds is 11. The summed E-state index contributed by atoms with van der Waals surface area (Å²) in [5.74, 6) is -4.36. The lowest BCUT2D eigenvalue weighted by atomic mass is 9.68. The largest absolute Gasteiger partial charge is 0.490 e. The van der Waals surface area contributed by atoms with Crippen molar-refractivity contribution < 1.29 is 42.2 Å². The second-order valence-corrected chi connectivity index (χ2v) is 17.3. The summed E-state index contributed by atoms with van der Waals surface area (Å²) in [6.07, 6.45) is 0.650. The average Bonchev–Trinajstić information content (AvgIpc) is 3.80. The van der Waals surface area contributed by atoms with E-state index in [1.54, 1.807) is 19.9 Å². The van der Waals surface area contributed by atoms with Crippen molar-refractivity contribution in [3.8, 4) is 11.5 Å². The molecule has 1 saturated heterocycles. The van der Waals surface area contributed by atoms with Crippen LogP contribution in [0.3, 0.4) is 0 Å². The first-order valence-corrected chi connectivity index (χ1v) is 19.8. The summed E-state index contributed by atoms with van der Waals surface area (Å²) in [7, 11) is -3.88. The molecule has 270 valence electrons. The van der Waals surface area contributed by atoms with Gasteiger partial charge in [-0.05, 0) is 79.0 Å². The molecule has 3 heterocycles. The lowest BCUT2D eigenvalue weighted by molar-refractivity contribution is -0.157. The van der Waals surface area contributed by atoms with Gasteiger partial charge in [0.2, 0.25) is 21.8 Å². The van der Waals surface area contributed by atoms with Crippen LogP contribution in [0.2, 0.25) is 0 Å². The average molecular weight is 757 g/mol. The van der Waals surface area contributed by atoms with Gasteiger partial charge >= 0.3 is 10.8 Å². The number of likely N-dealkylation sites (tertiary alicyclic amines) is 1. The van der Waals surface area contributed by atoms with Crippen molar-refractivity contribution >= 4 is 62.5 Å². The molecule has 17 heteroatoms. The number of imide groups is 1. The van der Waals surface area contributed by atoms with E-state index < -0.39 is 57.5 Å². The third kappa shape index (κ3) is 6.02. The zero-order valence-electron chi connectivity index (χ0n) is 27.7. The molecule has 7 rings (SSSR count). The van der Waals surface area contributed by atoms with E-state index in [1.165, 1.54) is 36.0 Å². The van der Waals surface area contributed by atoms with Gasteiger partial charge in [-0.3, -0.25) is 24.1 Å². The number of nitrogens with two attached hydrogens (primary N) is 1. The number of thioether (sulfide) groups is 1. The Bertz CT molecular complexity index is 2100. The summed E-state index contributed by atoms with van der Waals surface area (Å²) >= 11 is 2.65. The maximum Gasteiger partial charge on any atom is 0.327 e. The number of thiazole rings is 1. The molecule has 3 aromatic rings. The number of aromatic nitrogens is 1. The van der Waals surface area contributed by atoms with Crippen LogP contribution in [0.5, 0.6) is 11.5 Å². The fraction of sp³-hybridized carbons (Fsp3) is 0.441. The van der Waals surface area contributed by atoms with Crippen molar-refractivity contribution in [2.24, 2.45) is 40.6 Å². The van der Waals surface area contributed by atoms with E-state index in [2.05, 4.69) is 10.3 Å². The van der Waals surface area contributed by atoms with Gasteiger partial charge < -0.3 is 24.9 Å². The molecule has 14 nitrogen and oxygen atoms in total. The van der Waals surface area contributed by atoms with E-state index in [1.807, 2.05) is 19.1 Å². The van der Waals surface area contributed by atoms with Crippen molar-refractivity contribution in [2.45, 2.75) is 54.3 Å². The predicted molar refractivity (Wildman–Crippen MR) is 186 cm³/mol. The number of carbonyl (C=O) groups excluding carboxylic acids is 3. The number of primary sulfonamides is 1. The number of amides is 3.